The molecule has 100 valence electrons. The summed E-state index contributed by atoms with van der Waals surface area (Å²) in [7, 11) is 0. The second-order valence-electron chi connectivity index (χ2n) is 4.19. The maximum Gasteiger partial charge on any atom is 0.410 e. The molecule has 1 aromatic rings. The third-order valence-corrected chi connectivity index (χ3v) is 2.97. The molecule has 18 heavy (non-hydrogen) atoms. The van der Waals surface area contributed by atoms with Crippen LogP contribution in [0.1, 0.15) is 36.3 Å². The zero-order valence-electron chi connectivity index (χ0n) is 9.49. The van der Waals surface area contributed by atoms with E-state index in [1.54, 1.807) is 6.92 Å². The van der Waals surface area contributed by atoms with E-state index in [0.717, 1.165) is 6.07 Å². The predicted molar refractivity (Wildman–Crippen MR) is 54.0 cm³/mol. The lowest BCUT2D eigenvalue weighted by atomic mass is 10.0. The Balaban J connectivity index is 2.43. The highest BCUT2D eigenvalue weighted by Gasteiger charge is 2.45. The molecule has 0 unspecified atom stereocenters. The second kappa shape index (κ2) is 4.18. The van der Waals surface area contributed by atoms with Crippen LogP contribution >= 0.6 is 0 Å². The van der Waals surface area contributed by atoms with Crippen molar-refractivity contribution >= 4 is 11.8 Å². The van der Waals surface area contributed by atoms with E-state index in [0.29, 0.717) is 11.1 Å². The third-order valence-electron chi connectivity index (χ3n) is 2.97. The Morgan fingerprint density at radius 2 is 2.33 bits per heavy atom. The zero-order valence-corrected chi connectivity index (χ0v) is 9.49. The van der Waals surface area contributed by atoms with Gasteiger partial charge in [0.1, 0.15) is 11.5 Å². The van der Waals surface area contributed by atoms with Crippen molar-refractivity contribution in [1.82, 2.24) is 9.78 Å². The highest BCUT2D eigenvalue weighted by Crippen LogP contribution is 2.39. The van der Waals surface area contributed by atoms with Crippen molar-refractivity contribution in [2.75, 3.05) is 5.32 Å². The number of carboxylic acid groups (broad SMARTS) is 1. The number of fused-ring (bicyclic) bond motifs is 1. The van der Waals surface area contributed by atoms with E-state index >= 15 is 0 Å². The maximum absolute atomic E-state index is 12.9. The molecule has 1 aliphatic heterocycles. The van der Waals surface area contributed by atoms with Crippen molar-refractivity contribution in [3.8, 4) is 0 Å². The fraction of sp³-hybridized carbons (Fsp3) is 0.600. The number of rotatable bonds is 2. The summed E-state index contributed by atoms with van der Waals surface area (Å²) in [5, 5.41) is 16.9. The summed E-state index contributed by atoms with van der Waals surface area (Å²) in [4.78, 5) is 10.6. The minimum absolute atomic E-state index is 0.0645. The van der Waals surface area contributed by atoms with E-state index in [-0.39, 0.29) is 18.3 Å². The van der Waals surface area contributed by atoms with E-state index in [4.69, 9.17) is 0 Å². The molecule has 0 radical (unpaired) electrons. The second-order valence-corrected chi connectivity index (χ2v) is 4.19. The normalized spacial score (nSPS) is 23.3. The van der Waals surface area contributed by atoms with Gasteiger partial charge in [-0.2, -0.15) is 18.3 Å². The average molecular weight is 262 g/mol. The minimum Gasteiger partial charge on any atom is -0.543 e. The van der Waals surface area contributed by atoms with Gasteiger partial charge < -0.3 is 15.2 Å². The number of aromatic nitrogens is 2. The topological polar surface area (TPSA) is 70.0 Å². The van der Waals surface area contributed by atoms with E-state index in [9.17, 15) is 23.1 Å². The van der Waals surface area contributed by atoms with E-state index in [1.165, 1.54) is 0 Å². The number of carboxylic acids is 1. The number of carbonyl (C=O) groups excluding carboxylic acids is 1. The molecule has 0 aromatic carbocycles. The van der Waals surface area contributed by atoms with Crippen LogP contribution in [-0.2, 0) is 0 Å². The van der Waals surface area contributed by atoms with Crippen LogP contribution in [0.2, 0.25) is 0 Å². The first-order valence-electron chi connectivity index (χ1n) is 5.47. The SMILES string of the molecule is CC[C@@H]1C[C@@H](C(F)(F)F)n2nc(C(=O)[O-])cc2N1. The molecule has 0 saturated carbocycles. The molecule has 1 N–H and O–H groups in total. The average Bonchev–Trinajstić information content (AvgIpc) is 2.69. The molecule has 1 aliphatic rings. The lowest BCUT2D eigenvalue weighted by molar-refractivity contribution is -0.255. The predicted octanol–water partition coefficient (Wildman–Crippen LogP) is 0.944. The van der Waals surface area contributed by atoms with Gasteiger partial charge in [-0.1, -0.05) is 6.92 Å². The largest absolute Gasteiger partial charge is 0.543 e. The molecule has 5 nitrogen and oxygen atoms in total. The van der Waals surface area contributed by atoms with Crippen LogP contribution in [0, 0.1) is 0 Å². The maximum atomic E-state index is 12.9. The van der Waals surface area contributed by atoms with Crippen LogP contribution in [0.15, 0.2) is 6.07 Å². The fourth-order valence-electron chi connectivity index (χ4n) is 2.02. The Bertz CT molecular complexity index is 469. The van der Waals surface area contributed by atoms with Crippen molar-refractivity contribution in [3.63, 3.8) is 0 Å². The number of hydrogen-bond acceptors (Lipinski definition) is 4. The van der Waals surface area contributed by atoms with Gasteiger partial charge in [0.2, 0.25) is 0 Å². The lowest BCUT2D eigenvalue weighted by Crippen LogP contribution is -2.39. The van der Waals surface area contributed by atoms with Gasteiger partial charge in [0, 0.05) is 12.1 Å². The minimum atomic E-state index is -4.46. The molecule has 0 fully saturated rings. The number of hydrogen-bond donors (Lipinski definition) is 1. The molecule has 0 spiro atoms. The van der Waals surface area contributed by atoms with Crippen molar-refractivity contribution < 1.29 is 23.1 Å². The van der Waals surface area contributed by atoms with Gasteiger partial charge in [-0.15, -0.1) is 0 Å². The summed E-state index contributed by atoms with van der Waals surface area (Å²) < 4.78 is 39.3. The molecule has 0 aliphatic carbocycles. The molecule has 0 amide bonds. The first kappa shape index (κ1) is 12.7. The summed E-state index contributed by atoms with van der Waals surface area (Å²) in [6.45, 7) is 1.76. The summed E-state index contributed by atoms with van der Waals surface area (Å²) >= 11 is 0. The van der Waals surface area contributed by atoms with E-state index in [1.807, 2.05) is 0 Å². The molecule has 2 heterocycles. The van der Waals surface area contributed by atoms with Crippen LogP contribution in [0.25, 0.3) is 0 Å². The molecule has 0 bridgehead atoms. The molecule has 2 rings (SSSR count). The quantitative estimate of drug-likeness (QED) is 0.861. The number of aromatic carboxylic acids is 1. The van der Waals surface area contributed by atoms with E-state index in [2.05, 4.69) is 10.4 Å². The van der Waals surface area contributed by atoms with Crippen LogP contribution in [0.3, 0.4) is 0 Å². The highest BCUT2D eigenvalue weighted by atomic mass is 19.4. The Morgan fingerprint density at radius 1 is 1.67 bits per heavy atom. The van der Waals surface area contributed by atoms with Crippen molar-refractivity contribution in [2.45, 2.75) is 38.0 Å². The first-order chi connectivity index (χ1) is 8.32. The van der Waals surface area contributed by atoms with E-state index < -0.39 is 23.9 Å². The van der Waals surface area contributed by atoms with Gasteiger partial charge in [-0.05, 0) is 12.8 Å². The molecular weight excluding hydrogens is 251 g/mol. The lowest BCUT2D eigenvalue weighted by Gasteiger charge is -2.32. The van der Waals surface area contributed by atoms with Gasteiger partial charge in [-0.3, -0.25) is 0 Å². The van der Waals surface area contributed by atoms with Gasteiger partial charge in [0.05, 0.1) is 5.97 Å². The highest BCUT2D eigenvalue weighted by molar-refractivity contribution is 5.84. The molecule has 0 saturated heterocycles. The monoisotopic (exact) mass is 262 g/mol. The van der Waals surface area contributed by atoms with Crippen LogP contribution in [-0.4, -0.2) is 28.0 Å². The molecule has 2 atom stereocenters. The number of alkyl halides is 3. The van der Waals surface area contributed by atoms with Gasteiger partial charge >= 0.3 is 6.18 Å². The number of nitrogens with zero attached hydrogens (tertiary/aromatic N) is 2. The summed E-state index contributed by atoms with van der Waals surface area (Å²) in [5.74, 6) is -1.53. The Morgan fingerprint density at radius 3 is 2.83 bits per heavy atom. The molecule has 1 aromatic heterocycles. The van der Waals surface area contributed by atoms with Crippen molar-refractivity contribution in [1.29, 1.82) is 0 Å². The van der Waals surface area contributed by atoms with Crippen LogP contribution < -0.4 is 10.4 Å². The van der Waals surface area contributed by atoms with Gasteiger partial charge in [-0.25, -0.2) is 4.68 Å². The third kappa shape index (κ3) is 2.14. The Kier molecular flexibility index (Phi) is 2.95. The van der Waals surface area contributed by atoms with Gasteiger partial charge in [0.15, 0.2) is 6.04 Å². The van der Waals surface area contributed by atoms with Crippen LogP contribution in [0.5, 0.6) is 0 Å². The number of carbonyl (C=O) groups is 1. The zero-order chi connectivity index (χ0) is 13.5. The summed E-state index contributed by atoms with van der Waals surface area (Å²) in [6, 6.07) is -1.09. The fourth-order valence-corrected chi connectivity index (χ4v) is 2.02. The number of halogens is 3. The first-order valence-corrected chi connectivity index (χ1v) is 5.47. The van der Waals surface area contributed by atoms with Gasteiger partial charge in [0.25, 0.3) is 0 Å². The van der Waals surface area contributed by atoms with Crippen molar-refractivity contribution in [2.24, 2.45) is 0 Å². The van der Waals surface area contributed by atoms with Crippen molar-refractivity contribution in [3.05, 3.63) is 11.8 Å². The van der Waals surface area contributed by atoms with Crippen LogP contribution in [0.4, 0.5) is 19.0 Å². The molecular formula is C10H11F3N3O2-. The Labute approximate surface area is 101 Å². The summed E-state index contributed by atoms with van der Waals surface area (Å²) in [6.07, 6.45) is -4.11. The smallest absolute Gasteiger partial charge is 0.410 e. The standard InChI is InChI=1S/C10H12F3N3O2/c1-2-5-3-7(10(11,12)13)16-8(14-5)4-6(15-16)9(17)18/h4-5,7,14H,2-3H2,1H3,(H,17,18)/p-1/t5-,7+/m1/s1. The number of nitrogens with one attached hydrogen (secondary N) is 1. The summed E-state index contributed by atoms with van der Waals surface area (Å²) in [5.41, 5.74) is -0.497. The molecule has 8 heteroatoms. The Hall–Kier alpha value is -1.73. The number of anilines is 1.